The summed E-state index contributed by atoms with van der Waals surface area (Å²) in [5.41, 5.74) is 0.641. The molecular formula is C23H29F3N2O2S. The highest BCUT2D eigenvalue weighted by Gasteiger charge is 2.32. The van der Waals surface area contributed by atoms with Gasteiger partial charge in [-0.2, -0.15) is 13.2 Å². The standard InChI is InChI=1S/C23H29F3N2O2S/c1-16-8-9-17(22(2,3)4)15-21(16)31(29,30)27-19-14-18(23(24,25)26)10-11-20(19)28-12-6-5-7-13-28/h8-11,14-15,27H,5-7,12-13H2,1-4H3. The molecule has 1 saturated heterocycles. The Labute approximate surface area is 182 Å². The van der Waals surface area contributed by atoms with Crippen molar-refractivity contribution in [2.45, 2.75) is 63.4 Å². The van der Waals surface area contributed by atoms with Crippen LogP contribution in [0.4, 0.5) is 24.5 Å². The Balaban J connectivity index is 2.07. The Kier molecular flexibility index (Phi) is 6.33. The maximum atomic E-state index is 13.4. The van der Waals surface area contributed by atoms with Gasteiger partial charge in [0, 0.05) is 13.1 Å². The van der Waals surface area contributed by atoms with E-state index in [1.807, 2.05) is 31.7 Å². The molecule has 1 aliphatic rings. The first-order chi connectivity index (χ1) is 14.3. The molecule has 0 unspecified atom stereocenters. The Bertz CT molecular complexity index is 1050. The van der Waals surface area contributed by atoms with Crippen LogP contribution in [0.2, 0.25) is 0 Å². The summed E-state index contributed by atoms with van der Waals surface area (Å²) >= 11 is 0. The minimum absolute atomic E-state index is 0.0442. The number of hydrogen-bond donors (Lipinski definition) is 1. The van der Waals surface area contributed by atoms with Gasteiger partial charge >= 0.3 is 6.18 Å². The van der Waals surface area contributed by atoms with E-state index in [0.29, 0.717) is 24.3 Å². The smallest absolute Gasteiger partial charge is 0.370 e. The number of benzene rings is 2. The third-order valence-corrected chi connectivity index (χ3v) is 7.12. The highest BCUT2D eigenvalue weighted by atomic mass is 32.2. The van der Waals surface area contributed by atoms with Crippen LogP contribution in [0.5, 0.6) is 0 Å². The summed E-state index contributed by atoms with van der Waals surface area (Å²) in [6, 6.07) is 8.47. The molecule has 170 valence electrons. The molecule has 4 nitrogen and oxygen atoms in total. The van der Waals surface area contributed by atoms with Gasteiger partial charge in [-0.05, 0) is 67.0 Å². The van der Waals surface area contributed by atoms with Crippen molar-refractivity contribution in [3.8, 4) is 0 Å². The summed E-state index contributed by atoms with van der Waals surface area (Å²) in [6.07, 6.45) is -1.68. The normalized spacial score (nSPS) is 15.8. The number of hydrogen-bond acceptors (Lipinski definition) is 3. The van der Waals surface area contributed by atoms with Crippen LogP contribution in [0.25, 0.3) is 0 Å². The number of nitrogens with one attached hydrogen (secondary N) is 1. The number of nitrogens with zero attached hydrogens (tertiary/aromatic N) is 1. The molecule has 0 atom stereocenters. The Morgan fingerprint density at radius 3 is 2.10 bits per heavy atom. The maximum absolute atomic E-state index is 13.4. The lowest BCUT2D eigenvalue weighted by Gasteiger charge is -2.31. The third kappa shape index (κ3) is 5.34. The van der Waals surface area contributed by atoms with E-state index in [-0.39, 0.29) is 16.0 Å². The first-order valence-electron chi connectivity index (χ1n) is 10.4. The lowest BCUT2D eigenvalue weighted by Crippen LogP contribution is -2.30. The van der Waals surface area contributed by atoms with E-state index in [1.165, 1.54) is 6.07 Å². The SMILES string of the molecule is Cc1ccc(C(C)(C)C)cc1S(=O)(=O)Nc1cc(C(F)(F)F)ccc1N1CCCCC1. The predicted octanol–water partition coefficient (Wildman–Crippen LogP) is 6.10. The van der Waals surface area contributed by atoms with E-state index >= 15 is 0 Å². The molecule has 31 heavy (non-hydrogen) atoms. The molecule has 0 radical (unpaired) electrons. The van der Waals surface area contributed by atoms with E-state index < -0.39 is 21.8 Å². The summed E-state index contributed by atoms with van der Waals surface area (Å²) in [7, 11) is -4.09. The summed E-state index contributed by atoms with van der Waals surface area (Å²) in [6.45, 7) is 8.96. The molecule has 2 aromatic rings. The van der Waals surface area contributed by atoms with Gasteiger partial charge in [0.05, 0.1) is 21.8 Å². The van der Waals surface area contributed by atoms with Crippen LogP contribution in [-0.4, -0.2) is 21.5 Å². The van der Waals surface area contributed by atoms with Gasteiger partial charge in [-0.1, -0.05) is 32.9 Å². The van der Waals surface area contributed by atoms with Crippen molar-refractivity contribution < 1.29 is 21.6 Å². The molecule has 1 aliphatic heterocycles. The van der Waals surface area contributed by atoms with Gasteiger partial charge in [-0.15, -0.1) is 0 Å². The first-order valence-corrected chi connectivity index (χ1v) is 11.9. The van der Waals surface area contributed by atoms with Crippen molar-refractivity contribution in [2.24, 2.45) is 0 Å². The van der Waals surface area contributed by atoms with Gasteiger partial charge in [-0.3, -0.25) is 4.72 Å². The van der Waals surface area contributed by atoms with Crippen molar-refractivity contribution in [1.29, 1.82) is 0 Å². The zero-order valence-corrected chi connectivity index (χ0v) is 19.1. The average molecular weight is 455 g/mol. The van der Waals surface area contributed by atoms with Gasteiger partial charge in [0.1, 0.15) is 0 Å². The molecular weight excluding hydrogens is 425 g/mol. The number of aryl methyl sites for hydroxylation is 1. The van der Waals surface area contributed by atoms with Gasteiger partial charge < -0.3 is 4.90 Å². The average Bonchev–Trinajstić information content (AvgIpc) is 2.67. The summed E-state index contributed by atoms with van der Waals surface area (Å²) in [4.78, 5) is 2.02. The van der Waals surface area contributed by atoms with Gasteiger partial charge in [0.25, 0.3) is 10.0 Å². The third-order valence-electron chi connectivity index (χ3n) is 5.61. The fourth-order valence-corrected chi connectivity index (χ4v) is 5.10. The van der Waals surface area contributed by atoms with E-state index in [9.17, 15) is 21.6 Å². The molecule has 8 heteroatoms. The maximum Gasteiger partial charge on any atom is 0.416 e. The fourth-order valence-electron chi connectivity index (χ4n) is 3.76. The monoisotopic (exact) mass is 454 g/mol. The fraction of sp³-hybridized carbons (Fsp3) is 0.478. The number of halogens is 3. The van der Waals surface area contributed by atoms with Crippen LogP contribution in [0.15, 0.2) is 41.3 Å². The molecule has 0 saturated carbocycles. The van der Waals surface area contributed by atoms with Crippen molar-refractivity contribution in [2.75, 3.05) is 22.7 Å². The molecule has 0 aliphatic carbocycles. The molecule has 1 heterocycles. The van der Waals surface area contributed by atoms with Crippen LogP contribution in [-0.2, 0) is 21.6 Å². The molecule has 1 N–H and O–H groups in total. The zero-order valence-electron chi connectivity index (χ0n) is 18.3. The van der Waals surface area contributed by atoms with Crippen molar-refractivity contribution >= 4 is 21.4 Å². The molecule has 0 spiro atoms. The second-order valence-corrected chi connectivity index (χ2v) is 10.8. The van der Waals surface area contributed by atoms with Crippen LogP contribution in [0.3, 0.4) is 0 Å². The number of sulfonamides is 1. The quantitative estimate of drug-likeness (QED) is 0.607. The number of piperidine rings is 1. The largest absolute Gasteiger partial charge is 0.416 e. The van der Waals surface area contributed by atoms with Crippen LogP contribution >= 0.6 is 0 Å². The lowest BCUT2D eigenvalue weighted by molar-refractivity contribution is -0.137. The first kappa shape index (κ1) is 23.4. The minimum Gasteiger partial charge on any atom is -0.370 e. The molecule has 0 aromatic heterocycles. The number of alkyl halides is 3. The van der Waals surface area contributed by atoms with E-state index in [2.05, 4.69) is 4.72 Å². The second-order valence-electron chi connectivity index (χ2n) is 9.11. The van der Waals surface area contributed by atoms with Crippen LogP contribution < -0.4 is 9.62 Å². The zero-order chi connectivity index (χ0) is 23.0. The molecule has 0 amide bonds. The van der Waals surface area contributed by atoms with E-state index in [1.54, 1.807) is 19.1 Å². The second kappa shape index (κ2) is 8.37. The van der Waals surface area contributed by atoms with Gasteiger partial charge in [0.15, 0.2) is 0 Å². The summed E-state index contributed by atoms with van der Waals surface area (Å²) in [5.74, 6) is 0. The summed E-state index contributed by atoms with van der Waals surface area (Å²) in [5, 5.41) is 0. The molecule has 0 bridgehead atoms. The van der Waals surface area contributed by atoms with Crippen molar-refractivity contribution in [1.82, 2.24) is 0 Å². The minimum atomic E-state index is -4.57. The Hall–Kier alpha value is -2.22. The lowest BCUT2D eigenvalue weighted by atomic mass is 9.87. The topological polar surface area (TPSA) is 49.4 Å². The van der Waals surface area contributed by atoms with Crippen molar-refractivity contribution in [3.05, 3.63) is 53.1 Å². The van der Waals surface area contributed by atoms with Gasteiger partial charge in [0.2, 0.25) is 0 Å². The number of anilines is 2. The van der Waals surface area contributed by atoms with Crippen LogP contribution in [0.1, 0.15) is 56.7 Å². The Morgan fingerprint density at radius 2 is 1.52 bits per heavy atom. The highest BCUT2D eigenvalue weighted by Crippen LogP contribution is 2.37. The van der Waals surface area contributed by atoms with E-state index in [0.717, 1.165) is 37.0 Å². The Morgan fingerprint density at radius 1 is 0.903 bits per heavy atom. The van der Waals surface area contributed by atoms with Crippen molar-refractivity contribution in [3.63, 3.8) is 0 Å². The summed E-state index contributed by atoms with van der Waals surface area (Å²) < 4.78 is 69.1. The predicted molar refractivity (Wildman–Crippen MR) is 118 cm³/mol. The molecule has 3 rings (SSSR count). The molecule has 1 fully saturated rings. The van der Waals surface area contributed by atoms with E-state index in [4.69, 9.17) is 0 Å². The van der Waals surface area contributed by atoms with Crippen LogP contribution in [0, 0.1) is 6.92 Å². The highest BCUT2D eigenvalue weighted by molar-refractivity contribution is 7.92. The molecule has 2 aromatic carbocycles. The van der Waals surface area contributed by atoms with Gasteiger partial charge in [-0.25, -0.2) is 8.42 Å². The number of rotatable bonds is 4.